The highest BCUT2D eigenvalue weighted by molar-refractivity contribution is 6.29. The molecular weight excluding hydrogens is 386 g/mol. The van der Waals surface area contributed by atoms with Crippen LogP contribution in [0.25, 0.3) is 71.2 Å². The summed E-state index contributed by atoms with van der Waals surface area (Å²) in [6.45, 7) is 0. The van der Waals surface area contributed by atoms with Gasteiger partial charge in [0.05, 0.1) is 5.52 Å². The van der Waals surface area contributed by atoms with E-state index in [-0.39, 0.29) is 0 Å². The smallest absolute Gasteiger partial charge is 0.160 e. The van der Waals surface area contributed by atoms with E-state index in [9.17, 15) is 0 Å². The van der Waals surface area contributed by atoms with Gasteiger partial charge in [-0.15, -0.1) is 0 Å². The van der Waals surface area contributed by atoms with Crippen molar-refractivity contribution in [3.05, 3.63) is 79.4 Å². The Morgan fingerprint density at radius 3 is 2.45 bits per heavy atom. The lowest BCUT2D eigenvalue weighted by atomic mass is 10.0. The Balaban J connectivity index is 1.69. The first kappa shape index (κ1) is 15.5. The molecule has 0 radical (unpaired) electrons. The molecule has 5 nitrogen and oxygen atoms in total. The van der Waals surface area contributed by atoms with E-state index in [4.69, 9.17) is 8.83 Å². The maximum atomic E-state index is 6.51. The SMILES string of the molecule is c1ccc2c(c1)oc1ccc3oc4c(ccc5c6cnccc6c6nccn6c54)c3c12. The minimum absolute atomic E-state index is 0.846. The Morgan fingerprint density at radius 2 is 1.48 bits per heavy atom. The fourth-order valence-electron chi connectivity index (χ4n) is 5.08. The number of rotatable bonds is 0. The monoisotopic (exact) mass is 399 g/mol. The Hall–Kier alpha value is -4.38. The van der Waals surface area contributed by atoms with Gasteiger partial charge >= 0.3 is 0 Å². The molecular formula is C26H13N3O2. The molecule has 0 saturated heterocycles. The maximum absolute atomic E-state index is 6.51. The summed E-state index contributed by atoms with van der Waals surface area (Å²) in [5, 5.41) is 7.57. The molecule has 8 rings (SSSR count). The minimum Gasteiger partial charge on any atom is -0.456 e. The number of hydrogen-bond donors (Lipinski definition) is 0. The van der Waals surface area contributed by atoms with Crippen LogP contribution < -0.4 is 0 Å². The summed E-state index contributed by atoms with van der Waals surface area (Å²) in [7, 11) is 0. The van der Waals surface area contributed by atoms with Crippen LogP contribution in [-0.2, 0) is 0 Å². The number of benzene rings is 3. The Bertz CT molecular complexity index is 2010. The summed E-state index contributed by atoms with van der Waals surface area (Å²) in [6, 6.07) is 18.5. The Kier molecular flexibility index (Phi) is 2.60. The topological polar surface area (TPSA) is 56.5 Å². The molecule has 8 aromatic rings. The van der Waals surface area contributed by atoms with E-state index in [1.165, 1.54) is 0 Å². The molecule has 31 heavy (non-hydrogen) atoms. The summed E-state index contributed by atoms with van der Waals surface area (Å²) >= 11 is 0. The van der Waals surface area contributed by atoms with Gasteiger partial charge < -0.3 is 8.83 Å². The van der Waals surface area contributed by atoms with Crippen molar-refractivity contribution < 1.29 is 8.83 Å². The van der Waals surface area contributed by atoms with E-state index in [1.807, 2.05) is 61.2 Å². The van der Waals surface area contributed by atoms with Gasteiger partial charge in [-0.05, 0) is 30.3 Å². The molecule has 0 saturated carbocycles. The first-order valence-corrected chi connectivity index (χ1v) is 10.2. The predicted molar refractivity (Wildman–Crippen MR) is 123 cm³/mol. The summed E-state index contributed by atoms with van der Waals surface area (Å²) < 4.78 is 14.7. The van der Waals surface area contributed by atoms with Crippen LogP contribution in [0.3, 0.4) is 0 Å². The van der Waals surface area contributed by atoms with Crippen molar-refractivity contribution in [3.8, 4) is 0 Å². The van der Waals surface area contributed by atoms with Crippen molar-refractivity contribution in [2.75, 3.05) is 0 Å². The standard InChI is InChI=1S/C26H13N3O2/c1-2-4-19-16(3-1)22-20(30-19)7-8-21-23(22)17-6-5-14-18-13-27-10-9-15(18)26-28-11-12-29(26)24(14)25(17)31-21/h1-13H. The minimum atomic E-state index is 0.846. The molecule has 0 bridgehead atoms. The van der Waals surface area contributed by atoms with E-state index in [0.717, 1.165) is 71.2 Å². The zero-order valence-electron chi connectivity index (χ0n) is 16.2. The lowest BCUT2D eigenvalue weighted by Gasteiger charge is -2.08. The highest BCUT2D eigenvalue weighted by atomic mass is 16.3. The van der Waals surface area contributed by atoms with Gasteiger partial charge in [-0.2, -0.15) is 0 Å². The second-order valence-corrected chi connectivity index (χ2v) is 7.89. The van der Waals surface area contributed by atoms with E-state index < -0.39 is 0 Å². The van der Waals surface area contributed by atoms with Gasteiger partial charge in [-0.1, -0.05) is 24.3 Å². The van der Waals surface area contributed by atoms with Crippen LogP contribution in [0.5, 0.6) is 0 Å². The third-order valence-electron chi connectivity index (χ3n) is 6.35. The Labute approximate surface area is 174 Å². The van der Waals surface area contributed by atoms with Gasteiger partial charge in [-0.25, -0.2) is 4.98 Å². The number of aromatic nitrogens is 3. The normalized spacial score (nSPS) is 12.5. The molecule has 0 aliphatic rings. The Morgan fingerprint density at radius 1 is 0.645 bits per heavy atom. The largest absolute Gasteiger partial charge is 0.456 e. The van der Waals surface area contributed by atoms with Gasteiger partial charge in [0, 0.05) is 62.5 Å². The number of pyridine rings is 2. The van der Waals surface area contributed by atoms with Crippen LogP contribution in [0.4, 0.5) is 0 Å². The molecule has 5 heteroatoms. The lowest BCUT2D eigenvalue weighted by molar-refractivity contribution is 0.664. The molecule has 0 N–H and O–H groups in total. The van der Waals surface area contributed by atoms with Crippen molar-refractivity contribution in [2.45, 2.75) is 0 Å². The van der Waals surface area contributed by atoms with E-state index >= 15 is 0 Å². The molecule has 144 valence electrons. The van der Waals surface area contributed by atoms with Crippen LogP contribution in [0, 0.1) is 0 Å². The molecule has 0 unspecified atom stereocenters. The molecule has 5 heterocycles. The van der Waals surface area contributed by atoms with Crippen molar-refractivity contribution in [1.82, 2.24) is 14.4 Å². The summed E-state index contributed by atoms with van der Waals surface area (Å²) in [5.41, 5.74) is 5.35. The van der Waals surface area contributed by atoms with Crippen molar-refractivity contribution >= 4 is 71.2 Å². The highest BCUT2D eigenvalue weighted by Gasteiger charge is 2.20. The van der Waals surface area contributed by atoms with Crippen LogP contribution in [0.15, 0.2) is 88.2 Å². The zero-order valence-corrected chi connectivity index (χ0v) is 16.2. The number of para-hydroxylation sites is 1. The average molecular weight is 399 g/mol. The van der Waals surface area contributed by atoms with E-state index in [2.05, 4.69) is 32.6 Å². The fourth-order valence-corrected chi connectivity index (χ4v) is 5.08. The zero-order chi connectivity index (χ0) is 20.1. The molecule has 0 amide bonds. The van der Waals surface area contributed by atoms with Gasteiger partial charge in [0.25, 0.3) is 0 Å². The van der Waals surface area contributed by atoms with Crippen LogP contribution in [0.1, 0.15) is 0 Å². The summed E-state index contributed by atoms with van der Waals surface area (Å²) in [4.78, 5) is 8.98. The molecule has 0 aliphatic heterocycles. The molecule has 3 aromatic carbocycles. The van der Waals surface area contributed by atoms with Crippen molar-refractivity contribution in [1.29, 1.82) is 0 Å². The number of furan rings is 2. The average Bonchev–Trinajstić information content (AvgIpc) is 3.53. The molecule has 0 aliphatic carbocycles. The van der Waals surface area contributed by atoms with Crippen LogP contribution in [0.2, 0.25) is 0 Å². The number of imidazole rings is 1. The molecule has 5 aromatic heterocycles. The molecule has 0 spiro atoms. The first-order valence-electron chi connectivity index (χ1n) is 10.2. The van der Waals surface area contributed by atoms with Crippen LogP contribution >= 0.6 is 0 Å². The quantitative estimate of drug-likeness (QED) is 0.262. The van der Waals surface area contributed by atoms with Gasteiger partial charge in [0.2, 0.25) is 0 Å². The third kappa shape index (κ3) is 1.78. The lowest BCUT2D eigenvalue weighted by Crippen LogP contribution is -1.91. The summed E-state index contributed by atoms with van der Waals surface area (Å²) in [6.07, 6.45) is 7.54. The van der Waals surface area contributed by atoms with Gasteiger partial charge in [-0.3, -0.25) is 9.38 Å². The van der Waals surface area contributed by atoms with Crippen LogP contribution in [-0.4, -0.2) is 14.4 Å². The van der Waals surface area contributed by atoms with Crippen molar-refractivity contribution in [2.24, 2.45) is 0 Å². The number of fused-ring (bicyclic) bond motifs is 14. The molecule has 0 atom stereocenters. The predicted octanol–water partition coefficient (Wildman–Crippen LogP) is 6.83. The van der Waals surface area contributed by atoms with Crippen molar-refractivity contribution in [3.63, 3.8) is 0 Å². The van der Waals surface area contributed by atoms with Gasteiger partial charge in [0.15, 0.2) is 5.58 Å². The van der Waals surface area contributed by atoms with E-state index in [1.54, 1.807) is 0 Å². The third-order valence-corrected chi connectivity index (χ3v) is 6.35. The molecule has 0 fully saturated rings. The highest BCUT2D eigenvalue weighted by Crippen LogP contribution is 2.42. The fraction of sp³-hybridized carbons (Fsp3) is 0. The van der Waals surface area contributed by atoms with Gasteiger partial charge in [0.1, 0.15) is 22.4 Å². The maximum Gasteiger partial charge on any atom is 0.160 e. The van der Waals surface area contributed by atoms with E-state index in [0.29, 0.717) is 0 Å². The number of hydrogen-bond acceptors (Lipinski definition) is 4. The first-order chi connectivity index (χ1) is 15.4. The summed E-state index contributed by atoms with van der Waals surface area (Å²) in [5.74, 6) is 0. The second-order valence-electron chi connectivity index (χ2n) is 7.89. The second kappa shape index (κ2) is 5.21. The number of nitrogens with zero attached hydrogens (tertiary/aromatic N) is 3.